The summed E-state index contributed by atoms with van der Waals surface area (Å²) < 4.78 is 29.7. The lowest BCUT2D eigenvalue weighted by molar-refractivity contribution is -0.424. The molecule has 3 aliphatic carbocycles. The number of carbonyl (C=O) groups excluding carboxylic acids is 1. The van der Waals surface area contributed by atoms with E-state index in [1.807, 2.05) is 0 Å². The van der Waals surface area contributed by atoms with Gasteiger partial charge in [-0.15, -0.1) is 0 Å². The molecule has 7 aliphatic rings. The summed E-state index contributed by atoms with van der Waals surface area (Å²) in [4.78, 5) is 12.7. The number of aliphatic hydroxyl groups excluding tert-OH is 4. The van der Waals surface area contributed by atoms with Gasteiger partial charge in [0.15, 0.2) is 18.4 Å². The molecule has 3 saturated carbocycles. The Morgan fingerprint density at radius 1 is 1.12 bits per heavy atom. The van der Waals surface area contributed by atoms with Gasteiger partial charge in [0.05, 0.1) is 17.6 Å². The van der Waals surface area contributed by atoms with Crippen molar-refractivity contribution in [2.24, 2.45) is 11.3 Å². The Balaban J connectivity index is 1.32. The van der Waals surface area contributed by atoms with Crippen LogP contribution in [0, 0.1) is 11.3 Å². The summed E-state index contributed by atoms with van der Waals surface area (Å²) in [6, 6.07) is 8.47. The SMILES string of the molecule is C[C@]12C[C@@]3(O)O[C@H](O1)[C@]1(COC(=O)c4ccccc4)[C@H]3C[C@]12O[C@H]1O[C@@H](CO)[C@@H](O)[C@@H](O)[C@H]1O. The van der Waals surface area contributed by atoms with E-state index in [4.69, 9.17) is 23.7 Å². The fourth-order valence-electron chi connectivity index (χ4n) is 6.87. The lowest BCUT2D eigenvalue weighted by Gasteiger charge is -2.67. The second kappa shape index (κ2) is 7.19. The summed E-state index contributed by atoms with van der Waals surface area (Å²) in [6.07, 6.45) is -7.87. The number of aliphatic hydroxyl groups is 5. The van der Waals surface area contributed by atoms with Crippen LogP contribution in [0.5, 0.6) is 0 Å². The quantitative estimate of drug-likeness (QED) is 0.306. The second-order valence-corrected chi connectivity index (χ2v) is 10.2. The topological polar surface area (TPSA) is 164 Å². The summed E-state index contributed by atoms with van der Waals surface area (Å²) in [5.41, 5.74) is -2.99. The maximum absolute atomic E-state index is 12.7. The molecule has 11 heteroatoms. The van der Waals surface area contributed by atoms with Gasteiger partial charge in [0.25, 0.3) is 0 Å². The first-order valence-electron chi connectivity index (χ1n) is 11.4. The van der Waals surface area contributed by atoms with Crippen molar-refractivity contribution in [1.82, 2.24) is 0 Å². The van der Waals surface area contributed by atoms with E-state index in [1.54, 1.807) is 37.3 Å². The average molecular weight is 480 g/mol. The van der Waals surface area contributed by atoms with E-state index in [0.717, 1.165) is 0 Å². The molecule has 1 aromatic carbocycles. The minimum atomic E-state index is -1.61. The Bertz CT molecular complexity index is 988. The van der Waals surface area contributed by atoms with E-state index in [9.17, 15) is 30.3 Å². The molecule has 8 rings (SSSR count). The smallest absolute Gasteiger partial charge is 0.338 e. The Morgan fingerprint density at radius 3 is 2.56 bits per heavy atom. The summed E-state index contributed by atoms with van der Waals surface area (Å²) >= 11 is 0. The molecule has 4 saturated heterocycles. The molecule has 7 fully saturated rings. The van der Waals surface area contributed by atoms with Crippen molar-refractivity contribution in [1.29, 1.82) is 0 Å². The molecule has 6 bridgehead atoms. The number of hydrogen-bond acceptors (Lipinski definition) is 11. The molecule has 186 valence electrons. The van der Waals surface area contributed by atoms with Gasteiger partial charge in [-0.2, -0.15) is 0 Å². The molecule has 4 heterocycles. The van der Waals surface area contributed by atoms with Gasteiger partial charge in [-0.1, -0.05) is 18.2 Å². The van der Waals surface area contributed by atoms with Gasteiger partial charge in [0.1, 0.15) is 42.2 Å². The molecule has 0 spiro atoms. The first kappa shape index (κ1) is 22.8. The van der Waals surface area contributed by atoms with Crippen molar-refractivity contribution >= 4 is 5.97 Å². The zero-order chi connectivity index (χ0) is 24.1. The predicted octanol–water partition coefficient (Wildman–Crippen LogP) is -1.36. The van der Waals surface area contributed by atoms with Gasteiger partial charge in [0, 0.05) is 12.3 Å². The highest BCUT2D eigenvalue weighted by atomic mass is 16.8. The minimum absolute atomic E-state index is 0.0902. The van der Waals surface area contributed by atoms with Crippen molar-refractivity contribution < 1.29 is 54.0 Å². The van der Waals surface area contributed by atoms with Crippen LogP contribution < -0.4 is 0 Å². The zero-order valence-electron chi connectivity index (χ0n) is 18.4. The van der Waals surface area contributed by atoms with Crippen LogP contribution in [-0.4, -0.2) is 98.7 Å². The summed E-state index contributed by atoms with van der Waals surface area (Å²) in [5.74, 6) is -2.49. The van der Waals surface area contributed by atoms with E-state index in [1.165, 1.54) is 0 Å². The molecular formula is C23H28O11. The van der Waals surface area contributed by atoms with E-state index >= 15 is 0 Å². The average Bonchev–Trinajstić information content (AvgIpc) is 3.00. The number of ether oxygens (including phenoxy) is 5. The van der Waals surface area contributed by atoms with Crippen LogP contribution in [0.3, 0.4) is 0 Å². The summed E-state index contributed by atoms with van der Waals surface area (Å²) in [6.45, 7) is 0.985. The monoisotopic (exact) mass is 480 g/mol. The zero-order valence-corrected chi connectivity index (χ0v) is 18.4. The van der Waals surface area contributed by atoms with E-state index in [0.29, 0.717) is 5.56 Å². The Labute approximate surface area is 194 Å². The molecule has 0 unspecified atom stereocenters. The lowest BCUT2D eigenvalue weighted by atomic mass is 9.41. The van der Waals surface area contributed by atoms with Crippen LogP contribution in [0.4, 0.5) is 0 Å². The van der Waals surface area contributed by atoms with E-state index in [2.05, 4.69) is 0 Å². The van der Waals surface area contributed by atoms with Crippen LogP contribution in [0.25, 0.3) is 0 Å². The van der Waals surface area contributed by atoms with Crippen molar-refractivity contribution in [3.63, 3.8) is 0 Å². The Kier molecular flexibility index (Phi) is 4.81. The van der Waals surface area contributed by atoms with Gasteiger partial charge in [-0.25, -0.2) is 4.79 Å². The van der Waals surface area contributed by atoms with Crippen LogP contribution in [0.2, 0.25) is 0 Å². The molecule has 1 aromatic rings. The maximum atomic E-state index is 12.7. The normalized spacial score (nSPS) is 52.5. The molecule has 5 N–H and O–H groups in total. The van der Waals surface area contributed by atoms with Gasteiger partial charge >= 0.3 is 5.97 Å². The fraction of sp³-hybridized carbons (Fsp3) is 0.696. The van der Waals surface area contributed by atoms with Crippen LogP contribution in [0.15, 0.2) is 30.3 Å². The first-order valence-corrected chi connectivity index (χ1v) is 11.4. The van der Waals surface area contributed by atoms with Gasteiger partial charge in [-0.3, -0.25) is 0 Å². The third-order valence-corrected chi connectivity index (χ3v) is 8.57. The molecule has 0 radical (unpaired) electrons. The highest BCUT2D eigenvalue weighted by Gasteiger charge is 2.94. The first-order chi connectivity index (χ1) is 16.1. The lowest BCUT2D eigenvalue weighted by Crippen LogP contribution is -2.80. The number of hydrogen-bond donors (Lipinski definition) is 5. The molecule has 4 aliphatic heterocycles. The number of benzene rings is 1. The van der Waals surface area contributed by atoms with Crippen LogP contribution in [-0.2, 0) is 23.7 Å². The third kappa shape index (κ3) is 2.59. The summed E-state index contributed by atoms with van der Waals surface area (Å²) in [5, 5.41) is 51.7. The van der Waals surface area contributed by atoms with Gasteiger partial charge in [-0.05, 0) is 25.5 Å². The highest BCUT2D eigenvalue weighted by molar-refractivity contribution is 5.89. The molecule has 0 amide bonds. The van der Waals surface area contributed by atoms with Crippen molar-refractivity contribution in [3.8, 4) is 0 Å². The molecule has 0 aromatic heterocycles. The standard InChI is InChI=1S/C23H28O11/c1-20-9-22(29)13-7-23(20,32-18-16(27)15(26)14(25)12(8-24)31-18)21(13,19(33-20)34-22)10-30-17(28)11-5-3-2-4-6-11/h2-6,12-16,18-19,24-27,29H,7-10H2,1H3/t12-,13+,14+,15+,16+,18+,19-,20+,21-,22+,23+/m0/s1. The van der Waals surface area contributed by atoms with Crippen LogP contribution >= 0.6 is 0 Å². The van der Waals surface area contributed by atoms with Gasteiger partial charge in [0.2, 0.25) is 0 Å². The molecule has 34 heavy (non-hydrogen) atoms. The van der Waals surface area contributed by atoms with Crippen molar-refractivity contribution in [2.45, 2.75) is 73.8 Å². The molecule has 11 nitrogen and oxygen atoms in total. The Hall–Kier alpha value is -1.67. The molecule has 11 atom stereocenters. The Morgan fingerprint density at radius 2 is 1.85 bits per heavy atom. The summed E-state index contributed by atoms with van der Waals surface area (Å²) in [7, 11) is 0. The fourth-order valence-corrected chi connectivity index (χ4v) is 6.87. The van der Waals surface area contributed by atoms with Crippen molar-refractivity contribution in [2.75, 3.05) is 13.2 Å². The van der Waals surface area contributed by atoms with E-state index in [-0.39, 0.29) is 19.4 Å². The maximum Gasteiger partial charge on any atom is 0.338 e. The van der Waals surface area contributed by atoms with Crippen LogP contribution in [0.1, 0.15) is 30.1 Å². The van der Waals surface area contributed by atoms with Gasteiger partial charge < -0.3 is 49.2 Å². The molecular weight excluding hydrogens is 452 g/mol. The second-order valence-electron chi connectivity index (χ2n) is 10.2. The third-order valence-electron chi connectivity index (χ3n) is 8.57. The number of rotatable bonds is 6. The number of esters is 1. The largest absolute Gasteiger partial charge is 0.461 e. The van der Waals surface area contributed by atoms with Crippen molar-refractivity contribution in [3.05, 3.63) is 35.9 Å². The number of carbonyl (C=O) groups is 1. The van der Waals surface area contributed by atoms with E-state index < -0.39 is 77.9 Å². The highest BCUT2D eigenvalue weighted by Crippen LogP contribution is 2.81. The predicted molar refractivity (Wildman–Crippen MR) is 109 cm³/mol. The minimum Gasteiger partial charge on any atom is -0.461 e.